The number of aliphatic hydroxyl groups excluding tert-OH is 1. The molecule has 0 amide bonds. The predicted octanol–water partition coefficient (Wildman–Crippen LogP) is 7.23. The second kappa shape index (κ2) is 8.22. The van der Waals surface area contributed by atoms with Gasteiger partial charge in [0.05, 0.1) is 6.10 Å². The minimum atomic E-state index is -1.23. The zero-order chi connectivity index (χ0) is 21.7. The van der Waals surface area contributed by atoms with E-state index in [0.29, 0.717) is 10.8 Å². The van der Waals surface area contributed by atoms with Crippen molar-refractivity contribution in [1.29, 1.82) is 0 Å². The molecule has 4 aliphatic rings. The van der Waals surface area contributed by atoms with Crippen LogP contribution in [0.5, 0.6) is 0 Å². The van der Waals surface area contributed by atoms with Crippen LogP contribution in [0.2, 0.25) is 39.3 Å². The van der Waals surface area contributed by atoms with E-state index in [2.05, 4.69) is 65.3 Å². The normalized spacial score (nSPS) is 44.2. The lowest BCUT2D eigenvalue weighted by atomic mass is 9.45. The molecule has 4 aliphatic carbocycles. The zero-order valence-corrected chi connectivity index (χ0v) is 22.6. The second-order valence-corrected chi connectivity index (χ2v) is 22.4. The Morgan fingerprint density at radius 2 is 1.52 bits per heavy atom. The van der Waals surface area contributed by atoms with Gasteiger partial charge in [-0.05, 0) is 125 Å². The van der Waals surface area contributed by atoms with Gasteiger partial charge in [0.25, 0.3) is 0 Å². The lowest BCUT2D eigenvalue weighted by Crippen LogP contribution is -2.53. The van der Waals surface area contributed by atoms with Gasteiger partial charge in [-0.15, -0.1) is 0 Å². The zero-order valence-electron chi connectivity index (χ0n) is 20.6. The second-order valence-electron chi connectivity index (χ2n) is 13.1. The van der Waals surface area contributed by atoms with Crippen LogP contribution in [0, 0.1) is 34.5 Å². The fourth-order valence-corrected chi connectivity index (χ4v) is 15.0. The molecular weight excluding hydrogens is 388 g/mol. The molecule has 0 aromatic heterocycles. The fourth-order valence-electron chi connectivity index (χ4n) is 7.64. The van der Waals surface area contributed by atoms with Crippen LogP contribution in [-0.4, -0.2) is 27.8 Å². The Morgan fingerprint density at radius 1 is 0.862 bits per heavy atom. The molecular formula is C25H48O2Si2. The van der Waals surface area contributed by atoms with E-state index >= 15 is 0 Å². The van der Waals surface area contributed by atoms with Gasteiger partial charge in [-0.1, -0.05) is 26.0 Å². The van der Waals surface area contributed by atoms with Crippen molar-refractivity contribution < 1.29 is 9.22 Å². The first kappa shape index (κ1) is 23.8. The molecule has 29 heavy (non-hydrogen) atoms. The van der Waals surface area contributed by atoms with Crippen LogP contribution < -0.4 is 0 Å². The summed E-state index contributed by atoms with van der Waals surface area (Å²) in [7, 11) is -2.46. The van der Waals surface area contributed by atoms with Crippen LogP contribution in [0.4, 0.5) is 0 Å². The average Bonchev–Trinajstić information content (AvgIpc) is 2.94. The van der Waals surface area contributed by atoms with Crippen molar-refractivity contribution in [3.8, 4) is 0 Å². The van der Waals surface area contributed by atoms with Crippen molar-refractivity contribution in [3.63, 3.8) is 0 Å². The highest BCUT2D eigenvalue weighted by molar-refractivity contribution is 6.83. The van der Waals surface area contributed by atoms with Crippen LogP contribution in [-0.2, 0) is 4.12 Å². The van der Waals surface area contributed by atoms with Gasteiger partial charge in [-0.3, -0.25) is 0 Å². The summed E-state index contributed by atoms with van der Waals surface area (Å²) in [6, 6.07) is 0. The number of fused-ring (bicyclic) bond motifs is 5. The molecule has 7 atom stereocenters. The first-order chi connectivity index (χ1) is 13.2. The Labute approximate surface area is 183 Å². The Hall–Kier alpha value is 0.0938. The Morgan fingerprint density at radius 3 is 2.10 bits per heavy atom. The summed E-state index contributed by atoms with van der Waals surface area (Å²) >= 11 is 0. The maximum atomic E-state index is 10.0. The number of aliphatic hydroxyl groups is 1. The van der Waals surface area contributed by atoms with E-state index in [0.717, 1.165) is 36.5 Å². The summed E-state index contributed by atoms with van der Waals surface area (Å²) in [5.41, 5.74) is 1.05. The third-order valence-electron chi connectivity index (χ3n) is 8.58. The maximum Gasteiger partial charge on any atom is 0.170 e. The molecule has 0 spiro atoms. The molecule has 4 rings (SSSR count). The molecule has 0 heterocycles. The van der Waals surface area contributed by atoms with E-state index in [1.54, 1.807) is 0 Å². The molecule has 3 fully saturated rings. The average molecular weight is 437 g/mol. The standard InChI is InChI=1S/C19H30O.C6H18OSi2/c1-18-9-3-4-16(18)15-6-5-13-12-14(20)7-11-19(13,2)17(15)8-10-18;1-8(2,3)7-9(4,5)6/h3,9,13-17,20H,4-8,10-12H2,1-2H3;1-6H3/t13-,14-,15-,16-,17-,18-,19-;/m0./s1. The van der Waals surface area contributed by atoms with Gasteiger partial charge < -0.3 is 9.22 Å². The quantitative estimate of drug-likeness (QED) is 0.365. The summed E-state index contributed by atoms with van der Waals surface area (Å²) in [5.74, 6) is 3.61. The van der Waals surface area contributed by atoms with E-state index in [1.165, 1.54) is 38.5 Å². The van der Waals surface area contributed by atoms with Gasteiger partial charge in [-0.2, -0.15) is 0 Å². The molecule has 2 nitrogen and oxygen atoms in total. The first-order valence-corrected chi connectivity index (χ1v) is 19.1. The maximum absolute atomic E-state index is 10.0. The fraction of sp³-hybridized carbons (Fsp3) is 0.920. The van der Waals surface area contributed by atoms with E-state index in [9.17, 15) is 5.11 Å². The minimum absolute atomic E-state index is 0.00775. The highest BCUT2D eigenvalue weighted by Crippen LogP contribution is 2.64. The third kappa shape index (κ3) is 5.30. The molecule has 0 bridgehead atoms. The van der Waals surface area contributed by atoms with Crippen LogP contribution in [0.1, 0.15) is 65.2 Å². The van der Waals surface area contributed by atoms with Gasteiger partial charge in [0, 0.05) is 0 Å². The summed E-state index contributed by atoms with van der Waals surface area (Å²) in [6.45, 7) is 18.5. The predicted molar refractivity (Wildman–Crippen MR) is 130 cm³/mol. The molecule has 3 saturated carbocycles. The largest absolute Gasteiger partial charge is 0.456 e. The number of allylic oxidation sites excluding steroid dienone is 2. The highest BCUT2D eigenvalue weighted by Gasteiger charge is 2.56. The van der Waals surface area contributed by atoms with Gasteiger partial charge in [0.1, 0.15) is 0 Å². The molecule has 4 heteroatoms. The van der Waals surface area contributed by atoms with Gasteiger partial charge in [0.15, 0.2) is 16.6 Å². The summed E-state index contributed by atoms with van der Waals surface area (Å²) in [5, 5.41) is 10.0. The third-order valence-corrected chi connectivity index (χ3v) is 13.5. The number of hydrogen-bond donors (Lipinski definition) is 1. The van der Waals surface area contributed by atoms with Crippen LogP contribution >= 0.6 is 0 Å². The van der Waals surface area contributed by atoms with Crippen molar-refractivity contribution in [1.82, 2.24) is 0 Å². The summed E-state index contributed by atoms with van der Waals surface area (Å²) in [6.07, 6.45) is 15.4. The summed E-state index contributed by atoms with van der Waals surface area (Å²) < 4.78 is 5.90. The van der Waals surface area contributed by atoms with Crippen molar-refractivity contribution in [2.24, 2.45) is 34.5 Å². The van der Waals surface area contributed by atoms with Crippen molar-refractivity contribution >= 4 is 16.6 Å². The van der Waals surface area contributed by atoms with Crippen LogP contribution in [0.25, 0.3) is 0 Å². The molecule has 0 aromatic rings. The smallest absolute Gasteiger partial charge is 0.170 e. The SMILES string of the molecule is C[C@]12CC[C@H](O)C[C@@H]1CC[C@@H]1[C@@H]2CC[C@]2(C)C=CC[C@@H]12.C[Si](C)(C)O[Si](C)(C)C. The monoisotopic (exact) mass is 436 g/mol. The molecule has 1 N–H and O–H groups in total. The molecule has 0 aliphatic heterocycles. The molecule has 0 unspecified atom stereocenters. The minimum Gasteiger partial charge on any atom is -0.456 e. The van der Waals surface area contributed by atoms with Crippen molar-refractivity contribution in [3.05, 3.63) is 12.2 Å². The lowest BCUT2D eigenvalue weighted by Gasteiger charge is -2.60. The molecule has 0 radical (unpaired) electrons. The Balaban J connectivity index is 0.000000229. The van der Waals surface area contributed by atoms with Crippen LogP contribution in [0.15, 0.2) is 12.2 Å². The van der Waals surface area contributed by atoms with E-state index in [4.69, 9.17) is 4.12 Å². The van der Waals surface area contributed by atoms with Crippen LogP contribution in [0.3, 0.4) is 0 Å². The molecule has 168 valence electrons. The van der Waals surface area contributed by atoms with Crippen molar-refractivity contribution in [2.45, 2.75) is 111 Å². The topological polar surface area (TPSA) is 29.5 Å². The first-order valence-electron chi connectivity index (χ1n) is 12.3. The van der Waals surface area contributed by atoms with Gasteiger partial charge in [-0.25, -0.2) is 0 Å². The highest BCUT2D eigenvalue weighted by atomic mass is 28.4. The number of hydrogen-bond acceptors (Lipinski definition) is 2. The lowest BCUT2D eigenvalue weighted by molar-refractivity contribution is -0.116. The molecule has 0 saturated heterocycles. The van der Waals surface area contributed by atoms with Gasteiger partial charge >= 0.3 is 0 Å². The van der Waals surface area contributed by atoms with Crippen molar-refractivity contribution in [2.75, 3.05) is 0 Å². The van der Waals surface area contributed by atoms with E-state index < -0.39 is 16.6 Å². The molecule has 0 aromatic carbocycles. The van der Waals surface area contributed by atoms with E-state index in [-0.39, 0.29) is 6.10 Å². The van der Waals surface area contributed by atoms with Gasteiger partial charge in [0.2, 0.25) is 0 Å². The summed E-state index contributed by atoms with van der Waals surface area (Å²) in [4.78, 5) is 0. The Kier molecular flexibility index (Phi) is 6.73. The van der Waals surface area contributed by atoms with E-state index in [1.807, 2.05) is 0 Å². The Bertz CT molecular complexity index is 593. The number of rotatable bonds is 2.